The molecule has 4 rings (SSSR count). The maximum Gasteiger partial charge on any atom is 0.240 e. The van der Waals surface area contributed by atoms with E-state index in [1.54, 1.807) is 34.6 Å². The SMILES string of the molecule is CC(=O)N1CCc2cc(S(=O)(=O)NCc3cnc(C(=O)CCc4cnc(C)s4)cn3)ccc21. The number of nitrogens with zero attached hydrogens (tertiary/aromatic N) is 4. The third-order valence-electron chi connectivity index (χ3n) is 5.34. The summed E-state index contributed by atoms with van der Waals surface area (Å²) < 4.78 is 28.0. The van der Waals surface area contributed by atoms with E-state index in [9.17, 15) is 18.0 Å². The summed E-state index contributed by atoms with van der Waals surface area (Å²) in [5.41, 5.74) is 2.22. The lowest BCUT2D eigenvalue weighted by Gasteiger charge is -2.15. The molecule has 11 heteroatoms. The van der Waals surface area contributed by atoms with Crippen molar-refractivity contribution in [3.8, 4) is 0 Å². The number of aryl methyl sites for hydroxylation is 2. The van der Waals surface area contributed by atoms with Crippen molar-refractivity contribution in [2.75, 3.05) is 11.4 Å². The molecule has 3 aromatic rings. The van der Waals surface area contributed by atoms with Gasteiger partial charge < -0.3 is 4.90 Å². The highest BCUT2D eigenvalue weighted by molar-refractivity contribution is 7.89. The maximum absolute atomic E-state index is 12.7. The predicted molar refractivity (Wildman–Crippen MR) is 124 cm³/mol. The molecule has 3 heterocycles. The average molecular weight is 486 g/mol. The lowest BCUT2D eigenvalue weighted by atomic mass is 10.1. The number of anilines is 1. The van der Waals surface area contributed by atoms with Crippen LogP contribution in [0.15, 0.2) is 41.7 Å². The Hall–Kier alpha value is -3.02. The molecule has 0 bridgehead atoms. The van der Waals surface area contributed by atoms with E-state index in [4.69, 9.17) is 0 Å². The topological polar surface area (TPSA) is 122 Å². The fraction of sp³-hybridized carbons (Fsp3) is 0.318. The molecule has 9 nitrogen and oxygen atoms in total. The number of Topliss-reactive ketones (excluding diaryl/α,β-unsaturated/α-hetero) is 1. The van der Waals surface area contributed by atoms with Gasteiger partial charge in [-0.3, -0.25) is 14.6 Å². The Morgan fingerprint density at radius 2 is 1.97 bits per heavy atom. The van der Waals surface area contributed by atoms with E-state index in [1.807, 2.05) is 6.92 Å². The second kappa shape index (κ2) is 9.46. The van der Waals surface area contributed by atoms with Crippen LogP contribution in [0.3, 0.4) is 0 Å². The summed E-state index contributed by atoms with van der Waals surface area (Å²) in [5.74, 6) is -0.194. The van der Waals surface area contributed by atoms with Gasteiger partial charge in [0.05, 0.1) is 34.5 Å². The average Bonchev–Trinajstić information content (AvgIpc) is 3.42. The van der Waals surface area contributed by atoms with Crippen LogP contribution < -0.4 is 9.62 Å². The van der Waals surface area contributed by atoms with Crippen LogP contribution in [-0.4, -0.2) is 41.6 Å². The van der Waals surface area contributed by atoms with Crippen molar-refractivity contribution < 1.29 is 18.0 Å². The van der Waals surface area contributed by atoms with E-state index >= 15 is 0 Å². The molecule has 172 valence electrons. The van der Waals surface area contributed by atoms with E-state index in [2.05, 4.69) is 19.7 Å². The Kier molecular flexibility index (Phi) is 6.63. The first-order valence-electron chi connectivity index (χ1n) is 10.4. The van der Waals surface area contributed by atoms with Crippen LogP contribution in [-0.2, 0) is 34.2 Å². The molecule has 1 aliphatic rings. The highest BCUT2D eigenvalue weighted by Crippen LogP contribution is 2.30. The van der Waals surface area contributed by atoms with Gasteiger partial charge in [0, 0.05) is 36.7 Å². The Balaban J connectivity index is 1.36. The van der Waals surface area contributed by atoms with Gasteiger partial charge >= 0.3 is 0 Å². The number of carbonyl (C=O) groups is 2. The zero-order chi connectivity index (χ0) is 23.6. The second-order valence-electron chi connectivity index (χ2n) is 7.70. The number of aromatic nitrogens is 3. The number of rotatable bonds is 8. The molecule has 0 saturated carbocycles. The van der Waals surface area contributed by atoms with Crippen LogP contribution >= 0.6 is 11.3 Å². The Morgan fingerprint density at radius 1 is 1.15 bits per heavy atom. The van der Waals surface area contributed by atoms with Gasteiger partial charge in [-0.15, -0.1) is 11.3 Å². The van der Waals surface area contributed by atoms with Crippen LogP contribution in [0, 0.1) is 6.92 Å². The van der Waals surface area contributed by atoms with Crippen LogP contribution in [0.2, 0.25) is 0 Å². The molecule has 0 atom stereocenters. The van der Waals surface area contributed by atoms with Crippen LogP contribution in [0.5, 0.6) is 0 Å². The molecular formula is C22H23N5O4S2. The summed E-state index contributed by atoms with van der Waals surface area (Å²) in [6.07, 6.45) is 6.06. The van der Waals surface area contributed by atoms with Gasteiger partial charge in [-0.2, -0.15) is 0 Å². The summed E-state index contributed by atoms with van der Waals surface area (Å²) in [5, 5.41) is 0.960. The molecule has 0 saturated heterocycles. The predicted octanol–water partition coefficient (Wildman–Crippen LogP) is 2.44. The number of ketones is 1. The molecule has 1 N–H and O–H groups in total. The molecule has 1 aliphatic heterocycles. The quantitative estimate of drug-likeness (QED) is 0.486. The molecule has 33 heavy (non-hydrogen) atoms. The van der Waals surface area contributed by atoms with Crippen molar-refractivity contribution in [1.29, 1.82) is 0 Å². The van der Waals surface area contributed by atoms with Gasteiger partial charge in [0.25, 0.3) is 0 Å². The van der Waals surface area contributed by atoms with Gasteiger partial charge in [0.15, 0.2) is 5.78 Å². The summed E-state index contributed by atoms with van der Waals surface area (Å²) in [6, 6.07) is 4.74. The Morgan fingerprint density at radius 3 is 2.64 bits per heavy atom. The molecular weight excluding hydrogens is 462 g/mol. The Labute approximate surface area is 196 Å². The van der Waals surface area contributed by atoms with Crippen LogP contribution in [0.25, 0.3) is 0 Å². The maximum atomic E-state index is 12.7. The van der Waals surface area contributed by atoms with Crippen LogP contribution in [0.1, 0.15) is 45.0 Å². The fourth-order valence-corrected chi connectivity index (χ4v) is 5.44. The molecule has 1 aromatic carbocycles. The zero-order valence-electron chi connectivity index (χ0n) is 18.2. The normalized spacial score (nSPS) is 13.2. The molecule has 0 spiro atoms. The van der Waals surface area contributed by atoms with E-state index < -0.39 is 10.0 Å². The van der Waals surface area contributed by atoms with Crippen molar-refractivity contribution in [3.05, 3.63) is 63.6 Å². The lowest BCUT2D eigenvalue weighted by molar-refractivity contribution is -0.116. The lowest BCUT2D eigenvalue weighted by Crippen LogP contribution is -2.26. The Bertz CT molecular complexity index is 1300. The van der Waals surface area contributed by atoms with E-state index in [-0.39, 0.29) is 28.8 Å². The molecule has 1 amide bonds. The minimum absolute atomic E-state index is 0.0550. The second-order valence-corrected chi connectivity index (χ2v) is 10.8. The molecule has 0 aliphatic carbocycles. The van der Waals surface area contributed by atoms with E-state index in [1.165, 1.54) is 25.4 Å². The highest BCUT2D eigenvalue weighted by atomic mass is 32.2. The van der Waals surface area contributed by atoms with Gasteiger partial charge in [0.1, 0.15) is 5.69 Å². The first kappa shape index (κ1) is 23.1. The van der Waals surface area contributed by atoms with Gasteiger partial charge in [-0.25, -0.2) is 23.1 Å². The number of thiazole rings is 1. The van der Waals surface area contributed by atoms with Crippen molar-refractivity contribution in [2.24, 2.45) is 0 Å². The third kappa shape index (κ3) is 5.32. The largest absolute Gasteiger partial charge is 0.312 e. The van der Waals surface area contributed by atoms with Gasteiger partial charge in [0.2, 0.25) is 15.9 Å². The number of carbonyl (C=O) groups excluding carboxylic acids is 2. The minimum atomic E-state index is -3.77. The van der Waals surface area contributed by atoms with E-state index in [0.717, 1.165) is 21.1 Å². The summed E-state index contributed by atoms with van der Waals surface area (Å²) in [7, 11) is -3.77. The van der Waals surface area contributed by atoms with Crippen molar-refractivity contribution in [3.63, 3.8) is 0 Å². The third-order valence-corrected chi connectivity index (χ3v) is 7.71. The molecule has 0 radical (unpaired) electrons. The number of hydrogen-bond donors (Lipinski definition) is 1. The van der Waals surface area contributed by atoms with Gasteiger partial charge in [-0.1, -0.05) is 0 Å². The van der Waals surface area contributed by atoms with Crippen molar-refractivity contribution >= 4 is 38.7 Å². The van der Waals surface area contributed by atoms with Gasteiger partial charge in [-0.05, 0) is 43.5 Å². The summed E-state index contributed by atoms with van der Waals surface area (Å²) >= 11 is 1.56. The number of benzene rings is 1. The zero-order valence-corrected chi connectivity index (χ0v) is 19.9. The first-order chi connectivity index (χ1) is 15.7. The monoisotopic (exact) mass is 485 g/mol. The first-order valence-corrected chi connectivity index (χ1v) is 12.7. The molecule has 0 fully saturated rings. The number of fused-ring (bicyclic) bond motifs is 1. The minimum Gasteiger partial charge on any atom is -0.312 e. The summed E-state index contributed by atoms with van der Waals surface area (Å²) in [4.78, 5) is 39.3. The van der Waals surface area contributed by atoms with E-state index in [0.29, 0.717) is 31.5 Å². The van der Waals surface area contributed by atoms with Crippen LogP contribution in [0.4, 0.5) is 5.69 Å². The summed E-state index contributed by atoms with van der Waals surface area (Å²) in [6.45, 7) is 3.90. The van der Waals surface area contributed by atoms with Crippen molar-refractivity contribution in [1.82, 2.24) is 19.7 Å². The fourth-order valence-electron chi connectivity index (χ4n) is 3.60. The highest BCUT2D eigenvalue weighted by Gasteiger charge is 2.24. The number of hydrogen-bond acceptors (Lipinski definition) is 8. The molecule has 2 aromatic heterocycles. The number of nitrogens with one attached hydrogen (secondary N) is 1. The standard InChI is InChI=1S/C22H23N5O4S2/c1-14-23-12-18(32-14)3-6-22(29)20-13-24-17(10-25-20)11-26-33(30,31)19-4-5-21-16(9-19)7-8-27(21)15(2)28/h4-5,9-10,12-13,26H,3,6-8,11H2,1-2H3. The number of amides is 1. The van der Waals surface area contributed by atoms with Crippen molar-refractivity contribution in [2.45, 2.75) is 44.6 Å². The number of sulfonamides is 1. The molecule has 0 unspecified atom stereocenters. The smallest absolute Gasteiger partial charge is 0.240 e.